The number of pyridine rings is 2. The summed E-state index contributed by atoms with van der Waals surface area (Å²) in [6.07, 6.45) is -4.07. The zero-order chi connectivity index (χ0) is 24.3. The number of aromatic nitrogens is 5. The summed E-state index contributed by atoms with van der Waals surface area (Å²) in [6, 6.07) is -0.296. The molecule has 2 N–H and O–H groups in total. The third-order valence-corrected chi connectivity index (χ3v) is 5.17. The summed E-state index contributed by atoms with van der Waals surface area (Å²) < 4.78 is 72.0. The molecular weight excluding hydrogens is 521 g/mol. The molecule has 0 fully saturated rings. The first kappa shape index (κ1) is 24.4. The second-order valence-electron chi connectivity index (χ2n) is 6.45. The third-order valence-electron chi connectivity index (χ3n) is 4.34. The lowest BCUT2D eigenvalue weighted by Gasteiger charge is -2.19. The largest absolute Gasteiger partial charge is 0.420 e. The quantitative estimate of drug-likeness (QED) is 0.424. The van der Waals surface area contributed by atoms with Crippen molar-refractivity contribution in [3.05, 3.63) is 52.1 Å². The number of urea groups is 1. The van der Waals surface area contributed by atoms with Gasteiger partial charge in [0.2, 0.25) is 0 Å². The van der Waals surface area contributed by atoms with Gasteiger partial charge in [0.25, 0.3) is 6.43 Å². The van der Waals surface area contributed by atoms with Crippen LogP contribution in [-0.2, 0) is 10.9 Å². The van der Waals surface area contributed by atoms with Crippen LogP contribution < -0.4 is 10.6 Å². The van der Waals surface area contributed by atoms with E-state index in [-0.39, 0.29) is 21.4 Å². The number of halogens is 6. The molecule has 176 valence electrons. The van der Waals surface area contributed by atoms with Crippen molar-refractivity contribution in [2.75, 3.05) is 17.7 Å². The van der Waals surface area contributed by atoms with Crippen molar-refractivity contribution in [3.63, 3.8) is 0 Å². The summed E-state index contributed by atoms with van der Waals surface area (Å²) in [5.74, 6) is -0.578. The fourth-order valence-corrected chi connectivity index (χ4v) is 3.60. The molecule has 0 saturated heterocycles. The molecule has 0 unspecified atom stereocenters. The number of rotatable bonds is 6. The lowest BCUT2D eigenvalue weighted by molar-refractivity contribution is -0.137. The molecule has 9 nitrogen and oxygen atoms in total. The number of methoxy groups -OCH3 is 1. The van der Waals surface area contributed by atoms with Crippen molar-refractivity contribution in [3.8, 4) is 5.82 Å². The summed E-state index contributed by atoms with van der Waals surface area (Å²) in [5.41, 5.74) is -1.84. The van der Waals surface area contributed by atoms with Crippen LogP contribution in [0.5, 0.6) is 0 Å². The molecule has 3 rings (SSSR count). The van der Waals surface area contributed by atoms with Crippen LogP contribution in [0.25, 0.3) is 5.82 Å². The minimum Gasteiger partial charge on any atom is -0.377 e. The van der Waals surface area contributed by atoms with E-state index in [0.717, 1.165) is 12.4 Å². The van der Waals surface area contributed by atoms with Crippen molar-refractivity contribution in [1.82, 2.24) is 25.0 Å². The molecule has 3 heterocycles. The van der Waals surface area contributed by atoms with Crippen molar-refractivity contribution in [2.24, 2.45) is 0 Å². The van der Waals surface area contributed by atoms with Crippen LogP contribution >= 0.6 is 15.9 Å². The molecule has 0 saturated carbocycles. The van der Waals surface area contributed by atoms with E-state index in [4.69, 9.17) is 4.74 Å². The maximum Gasteiger partial charge on any atom is 0.420 e. The SMILES string of the molecule is CO[C@@H](C)c1c(NC(=O)Nc2cnc(-n3nccn3)c(C(F)(F)F)c2)cnc(C(F)F)c1Br. The molecule has 0 aliphatic carbocycles. The van der Waals surface area contributed by atoms with Gasteiger partial charge in [-0.3, -0.25) is 4.98 Å². The Balaban J connectivity index is 1.89. The molecule has 2 amide bonds. The Labute approximate surface area is 191 Å². The van der Waals surface area contributed by atoms with Gasteiger partial charge in [0.1, 0.15) is 11.3 Å². The molecule has 0 bridgehead atoms. The standard InChI is InChI=1S/C18H15BrF5N7O2/c1-8(33-2)12-11(7-25-14(13(12)19)15(20)21)30-17(32)29-9-5-10(18(22,23)24)16(26-6-9)31-27-3-4-28-31/h3-8,15H,1-2H3,(H2,29,30,32)/t8-/m0/s1. The first-order valence-corrected chi connectivity index (χ1v) is 9.83. The first-order chi connectivity index (χ1) is 15.5. The fraction of sp³-hybridized carbons (Fsp3) is 0.278. The van der Waals surface area contributed by atoms with Crippen LogP contribution in [0.4, 0.5) is 38.1 Å². The Morgan fingerprint density at radius 3 is 2.39 bits per heavy atom. The number of anilines is 2. The van der Waals surface area contributed by atoms with Gasteiger partial charge in [0, 0.05) is 12.7 Å². The zero-order valence-electron chi connectivity index (χ0n) is 16.9. The van der Waals surface area contributed by atoms with Crippen molar-refractivity contribution in [1.29, 1.82) is 0 Å². The number of amides is 2. The Kier molecular flexibility index (Phi) is 7.22. The van der Waals surface area contributed by atoms with Gasteiger partial charge in [-0.15, -0.1) is 4.80 Å². The van der Waals surface area contributed by atoms with E-state index in [1.54, 1.807) is 6.92 Å². The van der Waals surface area contributed by atoms with E-state index in [2.05, 4.69) is 46.7 Å². The lowest BCUT2D eigenvalue weighted by Crippen LogP contribution is -2.22. The number of hydrogen-bond acceptors (Lipinski definition) is 6. The summed E-state index contributed by atoms with van der Waals surface area (Å²) >= 11 is 3.05. The molecule has 1 atom stereocenters. The molecule has 0 radical (unpaired) electrons. The zero-order valence-corrected chi connectivity index (χ0v) is 18.4. The van der Waals surface area contributed by atoms with E-state index >= 15 is 0 Å². The number of alkyl halides is 5. The van der Waals surface area contributed by atoms with Gasteiger partial charge in [0.15, 0.2) is 5.82 Å². The van der Waals surface area contributed by atoms with Gasteiger partial charge in [-0.1, -0.05) is 0 Å². The van der Waals surface area contributed by atoms with Gasteiger partial charge in [0.05, 0.1) is 46.7 Å². The first-order valence-electron chi connectivity index (χ1n) is 9.04. The van der Waals surface area contributed by atoms with Gasteiger partial charge in [-0.2, -0.15) is 23.4 Å². The van der Waals surface area contributed by atoms with E-state index in [9.17, 15) is 26.7 Å². The smallest absolute Gasteiger partial charge is 0.377 e. The van der Waals surface area contributed by atoms with E-state index in [1.165, 1.54) is 19.5 Å². The minimum atomic E-state index is -4.81. The molecule has 0 spiro atoms. The minimum absolute atomic E-state index is 0.0134. The molecule has 3 aromatic rings. The Morgan fingerprint density at radius 1 is 1.15 bits per heavy atom. The number of nitrogens with zero attached hydrogens (tertiary/aromatic N) is 5. The topological polar surface area (TPSA) is 107 Å². The van der Waals surface area contributed by atoms with Crippen LogP contribution in [0, 0.1) is 0 Å². The van der Waals surface area contributed by atoms with Crippen molar-refractivity contribution in [2.45, 2.75) is 25.6 Å². The highest BCUT2D eigenvalue weighted by Gasteiger charge is 2.36. The summed E-state index contributed by atoms with van der Waals surface area (Å²) in [4.78, 5) is 20.5. The average molecular weight is 536 g/mol. The second kappa shape index (κ2) is 9.74. The Bertz CT molecular complexity index is 1140. The molecule has 0 aromatic carbocycles. The number of hydrogen-bond donors (Lipinski definition) is 2. The highest BCUT2D eigenvalue weighted by atomic mass is 79.9. The number of carbonyl (C=O) groups is 1. The van der Waals surface area contributed by atoms with Crippen LogP contribution in [0.1, 0.15) is 36.3 Å². The second-order valence-corrected chi connectivity index (χ2v) is 7.25. The van der Waals surface area contributed by atoms with Gasteiger partial charge in [-0.25, -0.2) is 18.6 Å². The molecule has 33 heavy (non-hydrogen) atoms. The van der Waals surface area contributed by atoms with Crippen LogP contribution in [0.15, 0.2) is 35.3 Å². The summed E-state index contributed by atoms with van der Waals surface area (Å²) in [5, 5.41) is 11.9. The maximum atomic E-state index is 13.5. The van der Waals surface area contributed by atoms with Crippen LogP contribution in [-0.4, -0.2) is 38.1 Å². The normalized spacial score (nSPS) is 12.6. The van der Waals surface area contributed by atoms with E-state index in [1.807, 2.05) is 0 Å². The predicted octanol–water partition coefficient (Wildman–Crippen LogP) is 5.13. The molecule has 0 aliphatic heterocycles. The summed E-state index contributed by atoms with van der Waals surface area (Å²) in [6.45, 7) is 1.56. The molecule has 3 aromatic heterocycles. The maximum absolute atomic E-state index is 13.5. The number of carbonyl (C=O) groups excluding carboxylic acids is 1. The van der Waals surface area contributed by atoms with Crippen LogP contribution in [0.3, 0.4) is 0 Å². The number of ether oxygens (including phenoxy) is 1. The van der Waals surface area contributed by atoms with Gasteiger partial charge < -0.3 is 15.4 Å². The lowest BCUT2D eigenvalue weighted by atomic mass is 10.1. The molecule has 15 heteroatoms. The monoisotopic (exact) mass is 535 g/mol. The van der Waals surface area contributed by atoms with E-state index in [0.29, 0.717) is 10.9 Å². The predicted molar refractivity (Wildman–Crippen MR) is 109 cm³/mol. The Morgan fingerprint density at radius 2 is 1.82 bits per heavy atom. The average Bonchev–Trinajstić information content (AvgIpc) is 3.27. The van der Waals surface area contributed by atoms with E-state index < -0.39 is 41.8 Å². The van der Waals surface area contributed by atoms with Gasteiger partial charge >= 0.3 is 12.2 Å². The highest BCUT2D eigenvalue weighted by Crippen LogP contribution is 2.37. The number of nitrogens with one attached hydrogen (secondary N) is 2. The van der Waals surface area contributed by atoms with Crippen LogP contribution in [0.2, 0.25) is 0 Å². The fourth-order valence-electron chi connectivity index (χ4n) is 2.79. The van der Waals surface area contributed by atoms with Crippen molar-refractivity contribution < 1.29 is 31.5 Å². The molecule has 0 aliphatic rings. The highest BCUT2D eigenvalue weighted by molar-refractivity contribution is 9.10. The molecular formula is C18H15BrF5N7O2. The van der Waals surface area contributed by atoms with Crippen molar-refractivity contribution >= 4 is 33.3 Å². The summed E-state index contributed by atoms with van der Waals surface area (Å²) in [7, 11) is 1.34. The Hall–Kier alpha value is -3.20. The van der Waals surface area contributed by atoms with Gasteiger partial charge in [-0.05, 0) is 28.9 Å². The third kappa shape index (κ3) is 5.42.